The monoisotopic (exact) mass is 266 g/mol. The number of alkyl halides is 4. The molecule has 0 heterocycles. The first-order chi connectivity index (χ1) is 7.40. The molecule has 1 rings (SSSR count). The van der Waals surface area contributed by atoms with E-state index in [9.17, 15) is 13.2 Å². The van der Waals surface area contributed by atoms with Crippen LogP contribution in [0.4, 0.5) is 13.2 Å². The molecular formula is C11H10ClF3S. The number of rotatable bonds is 3. The lowest BCUT2D eigenvalue weighted by Crippen LogP contribution is -1.98. The molecule has 0 unspecified atom stereocenters. The van der Waals surface area contributed by atoms with Crippen LogP contribution >= 0.6 is 23.4 Å². The van der Waals surface area contributed by atoms with Gasteiger partial charge in [0.25, 0.3) is 0 Å². The van der Waals surface area contributed by atoms with E-state index < -0.39 is 5.51 Å². The maximum Gasteiger partial charge on any atom is 0.446 e. The van der Waals surface area contributed by atoms with Gasteiger partial charge in [-0.2, -0.15) is 13.2 Å². The van der Waals surface area contributed by atoms with Gasteiger partial charge in [0.2, 0.25) is 0 Å². The zero-order valence-corrected chi connectivity index (χ0v) is 10.1. The summed E-state index contributed by atoms with van der Waals surface area (Å²) in [5.41, 5.74) is -2.41. The van der Waals surface area contributed by atoms with E-state index in [1.807, 2.05) is 13.0 Å². The van der Waals surface area contributed by atoms with E-state index in [1.54, 1.807) is 12.1 Å². The lowest BCUT2D eigenvalue weighted by molar-refractivity contribution is -0.0328. The van der Waals surface area contributed by atoms with Crippen molar-refractivity contribution in [1.29, 1.82) is 0 Å². The van der Waals surface area contributed by atoms with Gasteiger partial charge in [-0.25, -0.2) is 0 Å². The number of thioether (sulfide) groups is 1. The van der Waals surface area contributed by atoms with Crippen molar-refractivity contribution in [1.82, 2.24) is 0 Å². The molecule has 0 fully saturated rings. The van der Waals surface area contributed by atoms with Gasteiger partial charge in [0.1, 0.15) is 0 Å². The van der Waals surface area contributed by atoms with E-state index in [0.29, 0.717) is 5.88 Å². The third-order valence-corrected chi connectivity index (χ3v) is 2.90. The summed E-state index contributed by atoms with van der Waals surface area (Å²) in [4.78, 5) is 0.188. The van der Waals surface area contributed by atoms with Crippen LogP contribution in [-0.2, 0) is 0 Å². The second-order valence-electron chi connectivity index (χ2n) is 3.24. The van der Waals surface area contributed by atoms with E-state index in [4.69, 9.17) is 11.6 Å². The fraction of sp³-hybridized carbons (Fsp3) is 0.273. The van der Waals surface area contributed by atoms with Crippen molar-refractivity contribution in [2.75, 3.05) is 5.88 Å². The molecule has 0 aliphatic heterocycles. The highest BCUT2D eigenvalue weighted by Crippen LogP contribution is 2.36. The topological polar surface area (TPSA) is 0 Å². The van der Waals surface area contributed by atoms with E-state index >= 15 is 0 Å². The first-order valence-corrected chi connectivity index (χ1v) is 5.85. The van der Waals surface area contributed by atoms with Crippen molar-refractivity contribution in [3.8, 4) is 0 Å². The fourth-order valence-electron chi connectivity index (χ4n) is 1.09. The molecule has 0 N–H and O–H groups in total. The minimum absolute atomic E-state index is 0.113. The van der Waals surface area contributed by atoms with E-state index in [0.717, 1.165) is 11.1 Å². The first kappa shape index (κ1) is 13.5. The third-order valence-electron chi connectivity index (χ3n) is 1.74. The van der Waals surface area contributed by atoms with E-state index in [1.165, 1.54) is 12.1 Å². The average molecular weight is 267 g/mol. The van der Waals surface area contributed by atoms with Gasteiger partial charge in [0.15, 0.2) is 0 Å². The molecule has 1 aromatic rings. The summed E-state index contributed by atoms with van der Waals surface area (Å²) in [6.45, 7) is 1.87. The van der Waals surface area contributed by atoms with Gasteiger partial charge in [-0.15, -0.1) is 11.6 Å². The molecule has 0 bridgehead atoms. The number of hydrogen-bond acceptors (Lipinski definition) is 1. The van der Waals surface area contributed by atoms with Crippen LogP contribution in [0.2, 0.25) is 0 Å². The Kier molecular flexibility index (Phi) is 4.74. The predicted molar refractivity (Wildman–Crippen MR) is 62.7 cm³/mol. The molecule has 1 aromatic carbocycles. The molecule has 0 atom stereocenters. The van der Waals surface area contributed by atoms with Gasteiger partial charge in [0, 0.05) is 10.8 Å². The summed E-state index contributed by atoms with van der Waals surface area (Å²) in [6, 6.07) is 6.19. The summed E-state index contributed by atoms with van der Waals surface area (Å²) >= 11 is 5.49. The Labute approximate surface area is 101 Å². The molecule has 0 nitrogen and oxygen atoms in total. The minimum Gasteiger partial charge on any atom is -0.160 e. The maximum atomic E-state index is 12.0. The van der Waals surface area contributed by atoms with Crippen LogP contribution < -0.4 is 0 Å². The van der Waals surface area contributed by atoms with Gasteiger partial charge in [-0.05, 0) is 36.4 Å². The Morgan fingerprint density at radius 2 is 1.88 bits per heavy atom. The average Bonchev–Trinajstić information content (AvgIpc) is 2.18. The van der Waals surface area contributed by atoms with Gasteiger partial charge in [0.05, 0.1) is 0 Å². The van der Waals surface area contributed by atoms with Crippen LogP contribution in [-0.4, -0.2) is 11.4 Å². The Hall–Kier alpha value is -0.610. The standard InChI is InChI=1S/C11H10ClF3S/c1-8(7-12)6-9-2-4-10(5-3-9)16-11(13,14)15/h2-6H,7H2,1H3. The lowest BCUT2D eigenvalue weighted by Gasteiger charge is -2.05. The van der Waals surface area contributed by atoms with Crippen molar-refractivity contribution in [2.45, 2.75) is 17.3 Å². The number of hydrogen-bond donors (Lipinski definition) is 0. The molecule has 0 amide bonds. The summed E-state index contributed by atoms with van der Waals surface area (Å²) in [5, 5.41) is 0. The second kappa shape index (κ2) is 5.64. The minimum atomic E-state index is -4.23. The molecule has 0 radical (unpaired) electrons. The normalized spacial score (nSPS) is 12.9. The van der Waals surface area contributed by atoms with Gasteiger partial charge < -0.3 is 0 Å². The quantitative estimate of drug-likeness (QED) is 0.551. The SMILES string of the molecule is CC(=Cc1ccc(SC(F)(F)F)cc1)CCl. The largest absolute Gasteiger partial charge is 0.446 e. The summed E-state index contributed by atoms with van der Waals surface area (Å²) in [5.74, 6) is 0.416. The van der Waals surface area contributed by atoms with Gasteiger partial charge in [-0.1, -0.05) is 23.8 Å². The molecule has 0 aliphatic carbocycles. The number of halogens is 4. The van der Waals surface area contributed by atoms with Crippen LogP contribution in [0.3, 0.4) is 0 Å². The molecule has 0 saturated carbocycles. The number of benzene rings is 1. The molecule has 0 aliphatic rings. The molecular weight excluding hydrogens is 257 g/mol. The highest BCUT2D eigenvalue weighted by Gasteiger charge is 2.28. The van der Waals surface area contributed by atoms with Crippen LogP contribution in [0.25, 0.3) is 6.08 Å². The second-order valence-corrected chi connectivity index (χ2v) is 4.65. The lowest BCUT2D eigenvalue weighted by atomic mass is 10.1. The molecule has 88 valence electrons. The Bertz CT molecular complexity index is 368. The molecule has 0 spiro atoms. The van der Waals surface area contributed by atoms with Crippen LogP contribution in [0.5, 0.6) is 0 Å². The smallest absolute Gasteiger partial charge is 0.160 e. The van der Waals surface area contributed by atoms with Crippen molar-refractivity contribution in [2.24, 2.45) is 0 Å². The Balaban J connectivity index is 2.76. The van der Waals surface area contributed by atoms with Gasteiger partial charge in [-0.3, -0.25) is 0 Å². The first-order valence-electron chi connectivity index (χ1n) is 4.49. The molecule has 5 heteroatoms. The Morgan fingerprint density at radius 1 is 1.31 bits per heavy atom. The Morgan fingerprint density at radius 3 is 2.31 bits per heavy atom. The van der Waals surface area contributed by atoms with Crippen LogP contribution in [0.15, 0.2) is 34.7 Å². The summed E-state index contributed by atoms with van der Waals surface area (Å²) in [7, 11) is 0. The third kappa shape index (κ3) is 4.94. The molecule has 0 aromatic heterocycles. The van der Waals surface area contributed by atoms with E-state index in [-0.39, 0.29) is 16.7 Å². The highest BCUT2D eigenvalue weighted by atomic mass is 35.5. The summed E-state index contributed by atoms with van der Waals surface area (Å²) < 4.78 is 36.1. The zero-order valence-electron chi connectivity index (χ0n) is 8.51. The predicted octanol–water partition coefficient (Wildman–Crippen LogP) is 4.94. The zero-order chi connectivity index (χ0) is 12.2. The fourth-order valence-corrected chi connectivity index (χ4v) is 1.71. The summed E-state index contributed by atoms with van der Waals surface area (Å²) in [6.07, 6.45) is 1.84. The van der Waals surface area contributed by atoms with Crippen LogP contribution in [0, 0.1) is 0 Å². The molecule has 0 saturated heterocycles. The van der Waals surface area contributed by atoms with E-state index in [2.05, 4.69) is 0 Å². The van der Waals surface area contributed by atoms with Crippen molar-refractivity contribution >= 4 is 29.4 Å². The van der Waals surface area contributed by atoms with Crippen molar-refractivity contribution < 1.29 is 13.2 Å². The van der Waals surface area contributed by atoms with Crippen LogP contribution in [0.1, 0.15) is 12.5 Å². The van der Waals surface area contributed by atoms with Gasteiger partial charge >= 0.3 is 5.51 Å². The van der Waals surface area contributed by atoms with Crippen molar-refractivity contribution in [3.05, 3.63) is 35.4 Å². The molecule has 16 heavy (non-hydrogen) atoms. The highest BCUT2D eigenvalue weighted by molar-refractivity contribution is 8.00. The maximum absolute atomic E-state index is 12.0. The van der Waals surface area contributed by atoms with Crippen molar-refractivity contribution in [3.63, 3.8) is 0 Å². The number of allylic oxidation sites excluding steroid dienone is 1.